The highest BCUT2D eigenvalue weighted by Gasteiger charge is 2.25. The van der Waals surface area contributed by atoms with Gasteiger partial charge in [-0.15, -0.1) is 0 Å². The molecule has 94 valence electrons. The lowest BCUT2D eigenvalue weighted by Gasteiger charge is -2.34. The second kappa shape index (κ2) is 5.99. The summed E-state index contributed by atoms with van der Waals surface area (Å²) in [5, 5.41) is 3.59. The van der Waals surface area contributed by atoms with Crippen molar-refractivity contribution >= 4 is 0 Å². The maximum atomic E-state index is 3.59. The standard InChI is InChI=1S/C13H27N3/c1-3-13-11-16(8-6-14-13)10-12-5-7-15(4-2)9-12/h12-14H,3-11H2,1-2H3. The average Bonchev–Trinajstić information content (AvgIpc) is 2.77. The summed E-state index contributed by atoms with van der Waals surface area (Å²) in [7, 11) is 0. The molecule has 0 saturated carbocycles. The number of hydrogen-bond acceptors (Lipinski definition) is 3. The second-order valence-electron chi connectivity index (χ2n) is 5.37. The van der Waals surface area contributed by atoms with Crippen LogP contribution in [0.2, 0.25) is 0 Å². The van der Waals surface area contributed by atoms with Gasteiger partial charge in [0.25, 0.3) is 0 Å². The fourth-order valence-electron chi connectivity index (χ4n) is 3.05. The van der Waals surface area contributed by atoms with Crippen LogP contribution in [-0.4, -0.2) is 61.7 Å². The molecular formula is C13H27N3. The third-order valence-electron chi connectivity index (χ3n) is 4.17. The number of likely N-dealkylation sites (tertiary alicyclic amines) is 1. The smallest absolute Gasteiger partial charge is 0.0192 e. The average molecular weight is 225 g/mol. The molecule has 3 nitrogen and oxygen atoms in total. The van der Waals surface area contributed by atoms with Crippen LogP contribution in [0.25, 0.3) is 0 Å². The zero-order chi connectivity index (χ0) is 11.4. The number of piperazine rings is 1. The molecule has 0 aromatic rings. The van der Waals surface area contributed by atoms with Crippen molar-refractivity contribution in [3.63, 3.8) is 0 Å². The Morgan fingerprint density at radius 1 is 1.12 bits per heavy atom. The molecule has 2 atom stereocenters. The van der Waals surface area contributed by atoms with Gasteiger partial charge >= 0.3 is 0 Å². The normalized spacial score (nSPS) is 33.4. The van der Waals surface area contributed by atoms with Crippen molar-refractivity contribution in [2.45, 2.75) is 32.7 Å². The van der Waals surface area contributed by atoms with Crippen molar-refractivity contribution in [3.05, 3.63) is 0 Å². The van der Waals surface area contributed by atoms with Gasteiger partial charge in [-0.25, -0.2) is 0 Å². The van der Waals surface area contributed by atoms with E-state index in [0.29, 0.717) is 0 Å². The molecule has 0 spiro atoms. The van der Waals surface area contributed by atoms with Crippen LogP contribution in [0.5, 0.6) is 0 Å². The van der Waals surface area contributed by atoms with E-state index in [9.17, 15) is 0 Å². The van der Waals surface area contributed by atoms with Crippen LogP contribution in [0.15, 0.2) is 0 Å². The van der Waals surface area contributed by atoms with E-state index in [0.717, 1.165) is 12.0 Å². The van der Waals surface area contributed by atoms with Crippen LogP contribution in [-0.2, 0) is 0 Å². The third-order valence-corrected chi connectivity index (χ3v) is 4.17. The fourth-order valence-corrected chi connectivity index (χ4v) is 3.05. The van der Waals surface area contributed by atoms with E-state index >= 15 is 0 Å². The molecule has 0 aromatic carbocycles. The molecule has 2 fully saturated rings. The Morgan fingerprint density at radius 3 is 2.69 bits per heavy atom. The summed E-state index contributed by atoms with van der Waals surface area (Å²) in [5.74, 6) is 0.926. The minimum Gasteiger partial charge on any atom is -0.311 e. The molecule has 16 heavy (non-hydrogen) atoms. The molecular weight excluding hydrogens is 198 g/mol. The first-order valence-electron chi connectivity index (χ1n) is 7.00. The Kier molecular flexibility index (Phi) is 4.62. The van der Waals surface area contributed by atoms with Gasteiger partial charge in [0, 0.05) is 38.8 Å². The van der Waals surface area contributed by atoms with Crippen molar-refractivity contribution in [1.29, 1.82) is 0 Å². The lowest BCUT2D eigenvalue weighted by atomic mass is 10.1. The lowest BCUT2D eigenvalue weighted by molar-refractivity contribution is 0.170. The maximum absolute atomic E-state index is 3.59. The highest BCUT2D eigenvalue weighted by molar-refractivity contribution is 4.82. The van der Waals surface area contributed by atoms with Gasteiger partial charge in [-0.3, -0.25) is 0 Å². The summed E-state index contributed by atoms with van der Waals surface area (Å²) in [4.78, 5) is 5.26. The molecule has 2 aliphatic heterocycles. The van der Waals surface area contributed by atoms with Crippen LogP contribution in [0.4, 0.5) is 0 Å². The first-order valence-corrected chi connectivity index (χ1v) is 7.00. The minimum atomic E-state index is 0.734. The monoisotopic (exact) mass is 225 g/mol. The Balaban J connectivity index is 1.73. The summed E-state index contributed by atoms with van der Waals surface area (Å²) in [6.45, 7) is 13.5. The van der Waals surface area contributed by atoms with Crippen LogP contribution in [0, 0.1) is 5.92 Å². The van der Waals surface area contributed by atoms with Gasteiger partial charge in [-0.2, -0.15) is 0 Å². The molecule has 1 N–H and O–H groups in total. The molecule has 3 heteroatoms. The zero-order valence-corrected chi connectivity index (χ0v) is 10.9. The van der Waals surface area contributed by atoms with Crippen LogP contribution < -0.4 is 5.32 Å². The highest BCUT2D eigenvalue weighted by Crippen LogP contribution is 2.17. The lowest BCUT2D eigenvalue weighted by Crippen LogP contribution is -2.51. The first kappa shape index (κ1) is 12.3. The van der Waals surface area contributed by atoms with Gasteiger partial charge in [-0.1, -0.05) is 13.8 Å². The molecule has 2 aliphatic rings. The Hall–Kier alpha value is -0.120. The summed E-state index contributed by atoms with van der Waals surface area (Å²) in [6.07, 6.45) is 2.68. The van der Waals surface area contributed by atoms with E-state index in [1.165, 1.54) is 58.7 Å². The Morgan fingerprint density at radius 2 is 2.00 bits per heavy atom. The number of hydrogen-bond donors (Lipinski definition) is 1. The molecule has 0 aromatic heterocycles. The summed E-state index contributed by atoms with van der Waals surface area (Å²) in [5.41, 5.74) is 0. The van der Waals surface area contributed by atoms with Gasteiger partial charge in [-0.05, 0) is 31.8 Å². The van der Waals surface area contributed by atoms with Crippen LogP contribution >= 0.6 is 0 Å². The van der Waals surface area contributed by atoms with Crippen molar-refractivity contribution in [2.24, 2.45) is 5.92 Å². The van der Waals surface area contributed by atoms with Crippen molar-refractivity contribution < 1.29 is 0 Å². The van der Waals surface area contributed by atoms with Gasteiger partial charge in [0.05, 0.1) is 0 Å². The summed E-state index contributed by atoms with van der Waals surface area (Å²) >= 11 is 0. The topological polar surface area (TPSA) is 18.5 Å². The third kappa shape index (κ3) is 3.19. The molecule has 0 amide bonds. The van der Waals surface area contributed by atoms with Gasteiger partial charge in [0.15, 0.2) is 0 Å². The van der Waals surface area contributed by atoms with Gasteiger partial charge in [0.1, 0.15) is 0 Å². The van der Waals surface area contributed by atoms with E-state index in [1.54, 1.807) is 0 Å². The van der Waals surface area contributed by atoms with Crippen LogP contribution in [0.1, 0.15) is 26.7 Å². The van der Waals surface area contributed by atoms with Crippen LogP contribution in [0.3, 0.4) is 0 Å². The summed E-state index contributed by atoms with van der Waals surface area (Å²) < 4.78 is 0. The molecule has 2 unspecified atom stereocenters. The fraction of sp³-hybridized carbons (Fsp3) is 1.00. The second-order valence-corrected chi connectivity index (χ2v) is 5.37. The Bertz CT molecular complexity index is 207. The molecule has 0 bridgehead atoms. The van der Waals surface area contributed by atoms with E-state index in [2.05, 4.69) is 29.0 Å². The highest BCUT2D eigenvalue weighted by atomic mass is 15.2. The largest absolute Gasteiger partial charge is 0.311 e. The quantitative estimate of drug-likeness (QED) is 0.770. The molecule has 0 radical (unpaired) electrons. The van der Waals surface area contributed by atoms with Gasteiger partial charge < -0.3 is 15.1 Å². The number of nitrogens with one attached hydrogen (secondary N) is 1. The Labute approximate surface area is 100 Å². The van der Waals surface area contributed by atoms with Crippen molar-refractivity contribution in [2.75, 3.05) is 45.8 Å². The van der Waals surface area contributed by atoms with E-state index in [1.807, 2.05) is 0 Å². The first-order chi connectivity index (χ1) is 7.81. The molecule has 0 aliphatic carbocycles. The number of nitrogens with zero attached hydrogens (tertiary/aromatic N) is 2. The van der Waals surface area contributed by atoms with E-state index < -0.39 is 0 Å². The predicted molar refractivity (Wildman–Crippen MR) is 68.7 cm³/mol. The number of rotatable bonds is 4. The maximum Gasteiger partial charge on any atom is 0.0192 e. The van der Waals surface area contributed by atoms with E-state index in [-0.39, 0.29) is 0 Å². The molecule has 2 saturated heterocycles. The summed E-state index contributed by atoms with van der Waals surface area (Å²) in [6, 6.07) is 0.734. The van der Waals surface area contributed by atoms with Crippen molar-refractivity contribution in [3.8, 4) is 0 Å². The van der Waals surface area contributed by atoms with Crippen molar-refractivity contribution in [1.82, 2.24) is 15.1 Å². The molecule has 2 rings (SSSR count). The zero-order valence-electron chi connectivity index (χ0n) is 10.9. The molecule has 2 heterocycles. The SMILES string of the molecule is CCC1CN(CC2CCN(CC)C2)CCN1. The van der Waals surface area contributed by atoms with E-state index in [4.69, 9.17) is 0 Å². The predicted octanol–water partition coefficient (Wildman–Crippen LogP) is 1.01. The minimum absolute atomic E-state index is 0.734. The van der Waals surface area contributed by atoms with Gasteiger partial charge in [0.2, 0.25) is 0 Å².